The molecule has 1 aromatic carbocycles. The Morgan fingerprint density at radius 1 is 1.17 bits per heavy atom. The zero-order valence-corrected chi connectivity index (χ0v) is 15.4. The lowest BCUT2D eigenvalue weighted by Gasteiger charge is -2.36. The number of hydrogen-bond donors (Lipinski definition) is 1. The zero-order chi connectivity index (χ0) is 15.5. The van der Waals surface area contributed by atoms with Crippen molar-refractivity contribution in [2.45, 2.75) is 25.1 Å². The molecule has 0 amide bonds. The van der Waals surface area contributed by atoms with Gasteiger partial charge >= 0.3 is 6.18 Å². The number of benzene rings is 1. The molecule has 2 nitrogen and oxygen atoms in total. The van der Waals surface area contributed by atoms with Gasteiger partial charge in [0, 0.05) is 48.7 Å². The van der Waals surface area contributed by atoms with Crippen molar-refractivity contribution in [3.8, 4) is 0 Å². The Labute approximate surface area is 153 Å². The molecule has 2 rings (SSSR count). The molecule has 0 aromatic heterocycles. The van der Waals surface area contributed by atoms with E-state index in [0.29, 0.717) is 36.2 Å². The molecule has 1 fully saturated rings. The van der Waals surface area contributed by atoms with Gasteiger partial charge in [0.2, 0.25) is 0 Å². The molecule has 0 unspecified atom stereocenters. The molecule has 1 atom stereocenters. The van der Waals surface area contributed by atoms with Gasteiger partial charge < -0.3 is 5.32 Å². The summed E-state index contributed by atoms with van der Waals surface area (Å²) in [5.41, 5.74) is 0.323. The second kappa shape index (κ2) is 10.0. The number of hydrogen-bond acceptors (Lipinski definition) is 2. The van der Waals surface area contributed by atoms with Crippen molar-refractivity contribution in [1.82, 2.24) is 10.2 Å². The number of rotatable bonds is 4. The Hall–Kier alpha value is -0.0800. The number of halogens is 7. The molecule has 0 spiro atoms. The molecular formula is C14H19BrCl2F4N2. The Balaban J connectivity index is 0.00000242. The molecule has 0 saturated carbocycles. The topological polar surface area (TPSA) is 15.3 Å². The van der Waals surface area contributed by atoms with E-state index in [9.17, 15) is 17.6 Å². The van der Waals surface area contributed by atoms with Crippen LogP contribution in [0.3, 0.4) is 0 Å². The lowest BCUT2D eigenvalue weighted by Crippen LogP contribution is -2.45. The van der Waals surface area contributed by atoms with Crippen LogP contribution in [-0.2, 0) is 0 Å². The largest absolute Gasteiger partial charge is 0.389 e. The summed E-state index contributed by atoms with van der Waals surface area (Å²) < 4.78 is 52.3. The van der Waals surface area contributed by atoms with E-state index in [4.69, 9.17) is 0 Å². The average Bonchev–Trinajstić information content (AvgIpc) is 2.42. The first kappa shape index (κ1) is 22.9. The molecular weight excluding hydrogens is 423 g/mol. The van der Waals surface area contributed by atoms with E-state index in [1.54, 1.807) is 12.1 Å². The van der Waals surface area contributed by atoms with Gasteiger partial charge in [-0.2, -0.15) is 13.2 Å². The normalized spacial score (nSPS) is 17.1. The highest BCUT2D eigenvalue weighted by Gasteiger charge is 2.33. The number of nitrogens with one attached hydrogen (secondary N) is 1. The predicted molar refractivity (Wildman–Crippen MR) is 91.1 cm³/mol. The lowest BCUT2D eigenvalue weighted by atomic mass is 9.98. The monoisotopic (exact) mass is 440 g/mol. The summed E-state index contributed by atoms with van der Waals surface area (Å²) in [7, 11) is 0. The molecule has 1 N–H and O–H groups in total. The van der Waals surface area contributed by atoms with E-state index in [1.165, 1.54) is 6.07 Å². The fourth-order valence-corrected chi connectivity index (χ4v) is 3.24. The van der Waals surface area contributed by atoms with Crippen molar-refractivity contribution in [2.24, 2.45) is 0 Å². The second-order valence-electron chi connectivity index (χ2n) is 5.09. The van der Waals surface area contributed by atoms with E-state index < -0.39 is 24.5 Å². The lowest BCUT2D eigenvalue weighted by molar-refractivity contribution is -0.138. The van der Waals surface area contributed by atoms with Crippen LogP contribution in [0, 0.1) is 5.82 Å². The van der Waals surface area contributed by atoms with Gasteiger partial charge in [0.05, 0.1) is 0 Å². The van der Waals surface area contributed by atoms with Gasteiger partial charge in [0.25, 0.3) is 0 Å². The van der Waals surface area contributed by atoms with E-state index in [1.807, 2.05) is 4.90 Å². The first-order valence-corrected chi connectivity index (χ1v) is 7.63. The Kier molecular flexibility index (Phi) is 10.00. The first-order chi connectivity index (χ1) is 9.88. The third-order valence-electron chi connectivity index (χ3n) is 3.63. The van der Waals surface area contributed by atoms with Gasteiger partial charge in [-0.05, 0) is 18.6 Å². The number of piperazine rings is 1. The van der Waals surface area contributed by atoms with Crippen molar-refractivity contribution >= 4 is 40.7 Å². The van der Waals surface area contributed by atoms with Gasteiger partial charge in [-0.25, -0.2) is 4.39 Å². The number of nitrogens with zero attached hydrogens (tertiary/aromatic N) is 1. The molecule has 134 valence electrons. The van der Waals surface area contributed by atoms with Gasteiger partial charge in [-0.15, -0.1) is 24.8 Å². The maximum Gasteiger partial charge on any atom is 0.389 e. The highest BCUT2D eigenvalue weighted by molar-refractivity contribution is 9.10. The van der Waals surface area contributed by atoms with Gasteiger partial charge in [0.1, 0.15) is 5.82 Å². The van der Waals surface area contributed by atoms with Crippen LogP contribution in [-0.4, -0.2) is 37.3 Å². The fraction of sp³-hybridized carbons (Fsp3) is 0.571. The standard InChI is InChI=1S/C14H17BrF4N2.2ClH/c15-10-2-1-3-11(16)13(10)12(4-5-14(17,18)19)21-8-6-20-7-9-21;;/h1-3,12,20H,4-9H2;2*1H/t12-;;/m1../s1. The van der Waals surface area contributed by atoms with Crippen LogP contribution in [0.1, 0.15) is 24.4 Å². The quantitative estimate of drug-likeness (QED) is 0.680. The molecule has 23 heavy (non-hydrogen) atoms. The maximum atomic E-state index is 14.1. The summed E-state index contributed by atoms with van der Waals surface area (Å²) in [6.45, 7) is 2.63. The van der Waals surface area contributed by atoms with Crippen LogP contribution >= 0.6 is 40.7 Å². The third kappa shape index (κ3) is 6.74. The SMILES string of the molecule is Cl.Cl.Fc1cccc(Br)c1[C@@H](CCC(F)(F)F)N1CCNCC1. The van der Waals surface area contributed by atoms with Crippen molar-refractivity contribution in [3.63, 3.8) is 0 Å². The molecule has 0 bridgehead atoms. The highest BCUT2D eigenvalue weighted by atomic mass is 79.9. The van der Waals surface area contributed by atoms with Crippen LogP contribution in [0.15, 0.2) is 22.7 Å². The summed E-state index contributed by atoms with van der Waals surface area (Å²) in [4.78, 5) is 1.92. The minimum atomic E-state index is -4.23. The van der Waals surface area contributed by atoms with Crippen molar-refractivity contribution in [2.75, 3.05) is 26.2 Å². The van der Waals surface area contributed by atoms with Crippen LogP contribution in [0.5, 0.6) is 0 Å². The Morgan fingerprint density at radius 3 is 2.30 bits per heavy atom. The molecule has 9 heteroatoms. The summed E-state index contributed by atoms with van der Waals surface area (Å²) >= 11 is 3.27. The molecule has 1 aliphatic rings. The average molecular weight is 442 g/mol. The summed E-state index contributed by atoms with van der Waals surface area (Å²) in [5, 5.41) is 3.15. The molecule has 1 aliphatic heterocycles. The van der Waals surface area contributed by atoms with E-state index in [-0.39, 0.29) is 31.2 Å². The number of alkyl halides is 3. The Morgan fingerprint density at radius 2 is 1.78 bits per heavy atom. The minimum absolute atomic E-state index is 0. The first-order valence-electron chi connectivity index (χ1n) is 6.84. The van der Waals surface area contributed by atoms with Crippen LogP contribution < -0.4 is 5.32 Å². The van der Waals surface area contributed by atoms with Gasteiger partial charge in [0.15, 0.2) is 0 Å². The van der Waals surface area contributed by atoms with Crippen LogP contribution in [0.25, 0.3) is 0 Å². The van der Waals surface area contributed by atoms with Crippen LogP contribution in [0.4, 0.5) is 17.6 Å². The maximum absolute atomic E-state index is 14.1. The van der Waals surface area contributed by atoms with E-state index in [2.05, 4.69) is 21.2 Å². The highest BCUT2D eigenvalue weighted by Crippen LogP contribution is 2.36. The smallest absolute Gasteiger partial charge is 0.314 e. The molecule has 1 saturated heterocycles. The van der Waals surface area contributed by atoms with Gasteiger partial charge in [-0.3, -0.25) is 4.90 Å². The van der Waals surface area contributed by atoms with Gasteiger partial charge in [-0.1, -0.05) is 22.0 Å². The minimum Gasteiger partial charge on any atom is -0.314 e. The molecule has 1 heterocycles. The molecule has 0 radical (unpaired) electrons. The summed E-state index contributed by atoms with van der Waals surface area (Å²) in [5.74, 6) is -0.463. The van der Waals surface area contributed by atoms with Crippen LogP contribution in [0.2, 0.25) is 0 Å². The van der Waals surface area contributed by atoms with Crippen molar-refractivity contribution in [3.05, 3.63) is 34.1 Å². The molecule has 1 aromatic rings. The summed E-state index contributed by atoms with van der Waals surface area (Å²) in [6.07, 6.45) is -5.28. The Bertz CT molecular complexity index is 462. The van der Waals surface area contributed by atoms with Crippen molar-refractivity contribution in [1.29, 1.82) is 0 Å². The predicted octanol–water partition coefficient (Wildman–Crippen LogP) is 4.72. The van der Waals surface area contributed by atoms with Crippen molar-refractivity contribution < 1.29 is 17.6 Å². The zero-order valence-electron chi connectivity index (χ0n) is 12.2. The fourth-order valence-electron chi connectivity index (χ4n) is 2.63. The second-order valence-corrected chi connectivity index (χ2v) is 5.95. The molecule has 0 aliphatic carbocycles. The summed E-state index contributed by atoms with van der Waals surface area (Å²) in [6, 6.07) is 3.94. The van der Waals surface area contributed by atoms with E-state index >= 15 is 0 Å². The van der Waals surface area contributed by atoms with E-state index in [0.717, 1.165) is 0 Å². The third-order valence-corrected chi connectivity index (χ3v) is 4.32.